The topological polar surface area (TPSA) is 273 Å². The first-order valence-corrected chi connectivity index (χ1v) is 11.0. The second-order valence-corrected chi connectivity index (χ2v) is 8.22. The highest BCUT2D eigenvalue weighted by atomic mass is 16.4. The van der Waals surface area contributed by atoms with Gasteiger partial charge in [-0.1, -0.05) is 18.2 Å². The molecule has 0 aliphatic rings. The van der Waals surface area contributed by atoms with Crippen LogP contribution >= 0.6 is 0 Å². The van der Waals surface area contributed by atoms with Gasteiger partial charge in [-0.2, -0.15) is 0 Å². The number of rotatable bonds is 14. The Kier molecular flexibility index (Phi) is 10.1. The Morgan fingerprint density at radius 2 is 1.41 bits per heavy atom. The number of para-hydroxylation sites is 1. The summed E-state index contributed by atoms with van der Waals surface area (Å²) in [6.45, 7) is -0.926. The van der Waals surface area contributed by atoms with Gasteiger partial charge in [0.1, 0.15) is 18.1 Å². The van der Waals surface area contributed by atoms with Gasteiger partial charge >= 0.3 is 5.97 Å². The van der Waals surface area contributed by atoms with Gasteiger partial charge in [-0.25, -0.2) is 4.79 Å². The highest BCUT2D eigenvalue weighted by Crippen LogP contribution is 2.19. The van der Waals surface area contributed by atoms with Crippen molar-refractivity contribution in [1.29, 1.82) is 0 Å². The zero-order valence-electron chi connectivity index (χ0n) is 19.6. The minimum atomic E-state index is -1.62. The number of aliphatic hydroxyl groups is 1. The number of carboxylic acids is 1. The molecule has 2 rings (SSSR count). The summed E-state index contributed by atoms with van der Waals surface area (Å²) in [5.41, 5.74) is 17.0. The minimum Gasteiger partial charge on any atom is -0.480 e. The Hall–Kier alpha value is -4.50. The van der Waals surface area contributed by atoms with Gasteiger partial charge in [0.25, 0.3) is 0 Å². The van der Waals surface area contributed by atoms with Crippen LogP contribution in [0.1, 0.15) is 18.4 Å². The zero-order valence-corrected chi connectivity index (χ0v) is 19.6. The molecule has 0 fully saturated rings. The van der Waals surface area contributed by atoms with Crippen LogP contribution in [0.2, 0.25) is 0 Å². The molecule has 1 aromatic carbocycles. The second kappa shape index (κ2) is 13.0. The number of hydrogen-bond acceptors (Lipinski definition) is 8. The summed E-state index contributed by atoms with van der Waals surface area (Å²) >= 11 is 0. The predicted octanol–water partition coefficient (Wildman–Crippen LogP) is -3.68. The molecular formula is C22H29N7O8. The van der Waals surface area contributed by atoms with E-state index >= 15 is 0 Å². The molecule has 0 aliphatic carbocycles. The van der Waals surface area contributed by atoms with Crippen LogP contribution in [0.5, 0.6) is 0 Å². The molecule has 4 unspecified atom stereocenters. The van der Waals surface area contributed by atoms with E-state index in [1.54, 1.807) is 30.5 Å². The first-order valence-electron chi connectivity index (χ1n) is 11.0. The van der Waals surface area contributed by atoms with E-state index in [-0.39, 0.29) is 6.42 Å². The number of aromatic nitrogens is 1. The van der Waals surface area contributed by atoms with Crippen molar-refractivity contribution in [3.05, 3.63) is 36.0 Å². The molecule has 0 bridgehead atoms. The Morgan fingerprint density at radius 1 is 0.838 bits per heavy atom. The molecule has 0 spiro atoms. The number of aliphatic carboxylic acids is 1. The van der Waals surface area contributed by atoms with Crippen LogP contribution in [-0.2, 0) is 35.2 Å². The highest BCUT2D eigenvalue weighted by Gasteiger charge is 2.31. The number of primary amides is 2. The fourth-order valence-corrected chi connectivity index (χ4v) is 3.46. The normalized spacial score (nSPS) is 14.1. The van der Waals surface area contributed by atoms with E-state index in [2.05, 4.69) is 20.9 Å². The van der Waals surface area contributed by atoms with Crippen LogP contribution in [0.4, 0.5) is 0 Å². The van der Waals surface area contributed by atoms with Crippen LogP contribution in [0.3, 0.4) is 0 Å². The van der Waals surface area contributed by atoms with Crippen molar-refractivity contribution in [3.8, 4) is 0 Å². The molecule has 37 heavy (non-hydrogen) atoms. The number of nitrogens with one attached hydrogen (secondary N) is 4. The van der Waals surface area contributed by atoms with Crippen molar-refractivity contribution in [2.24, 2.45) is 17.2 Å². The third kappa shape index (κ3) is 8.29. The average molecular weight is 520 g/mol. The Labute approximate surface area is 210 Å². The summed E-state index contributed by atoms with van der Waals surface area (Å²) in [5.74, 6) is -6.33. The van der Waals surface area contributed by atoms with E-state index < -0.39 is 79.1 Å². The lowest BCUT2D eigenvalue weighted by atomic mass is 10.0. The lowest BCUT2D eigenvalue weighted by molar-refractivity contribution is -0.142. The van der Waals surface area contributed by atoms with Gasteiger partial charge in [0, 0.05) is 23.5 Å². The van der Waals surface area contributed by atoms with Crippen LogP contribution in [-0.4, -0.2) is 81.5 Å². The molecule has 200 valence electrons. The number of hydrogen-bond donors (Lipinski definition) is 9. The summed E-state index contributed by atoms with van der Waals surface area (Å²) < 4.78 is 0. The van der Waals surface area contributed by atoms with Crippen molar-refractivity contribution in [1.82, 2.24) is 20.9 Å². The average Bonchev–Trinajstić information content (AvgIpc) is 3.23. The number of carbonyl (C=O) groups is 6. The van der Waals surface area contributed by atoms with E-state index in [4.69, 9.17) is 17.2 Å². The summed E-state index contributed by atoms with van der Waals surface area (Å²) in [7, 11) is 0. The number of carbonyl (C=O) groups excluding carboxylic acids is 5. The van der Waals surface area contributed by atoms with Crippen LogP contribution in [0.25, 0.3) is 10.9 Å². The molecule has 12 N–H and O–H groups in total. The Morgan fingerprint density at radius 3 is 2.00 bits per heavy atom. The number of carboxylic acid groups (broad SMARTS) is 1. The van der Waals surface area contributed by atoms with E-state index in [0.29, 0.717) is 5.56 Å². The molecule has 1 heterocycles. The predicted molar refractivity (Wildman–Crippen MR) is 128 cm³/mol. The molecule has 4 atom stereocenters. The van der Waals surface area contributed by atoms with Gasteiger partial charge in [-0.05, 0) is 11.6 Å². The van der Waals surface area contributed by atoms with Gasteiger partial charge in [0.05, 0.1) is 25.5 Å². The molecule has 15 nitrogen and oxygen atoms in total. The third-order valence-electron chi connectivity index (χ3n) is 5.33. The maximum absolute atomic E-state index is 12.9. The summed E-state index contributed by atoms with van der Waals surface area (Å²) in [4.78, 5) is 74.8. The first kappa shape index (κ1) is 28.7. The number of aromatic amines is 1. The lowest BCUT2D eigenvalue weighted by Crippen LogP contribution is -2.59. The fourth-order valence-electron chi connectivity index (χ4n) is 3.46. The summed E-state index contributed by atoms with van der Waals surface area (Å²) in [6.07, 6.45) is 0.262. The zero-order chi connectivity index (χ0) is 27.7. The van der Waals surface area contributed by atoms with Crippen molar-refractivity contribution < 1.29 is 39.0 Å². The van der Waals surface area contributed by atoms with E-state index in [9.17, 15) is 39.0 Å². The molecule has 0 saturated carbocycles. The van der Waals surface area contributed by atoms with Gasteiger partial charge < -0.3 is 48.3 Å². The van der Waals surface area contributed by atoms with Crippen molar-refractivity contribution in [2.75, 3.05) is 6.61 Å². The summed E-state index contributed by atoms with van der Waals surface area (Å²) in [6, 6.07) is 1.06. The van der Waals surface area contributed by atoms with Gasteiger partial charge in [0.2, 0.25) is 29.5 Å². The fraction of sp³-hybridized carbons (Fsp3) is 0.364. The molecule has 0 saturated heterocycles. The summed E-state index contributed by atoms with van der Waals surface area (Å²) in [5, 5.41) is 26.4. The monoisotopic (exact) mass is 519 g/mol. The first-order chi connectivity index (χ1) is 17.4. The minimum absolute atomic E-state index is 0.116. The number of amides is 5. The Balaban J connectivity index is 2.13. The van der Waals surface area contributed by atoms with Crippen molar-refractivity contribution >= 4 is 46.4 Å². The van der Waals surface area contributed by atoms with E-state index in [1.165, 1.54) is 0 Å². The van der Waals surface area contributed by atoms with Crippen molar-refractivity contribution in [2.45, 2.75) is 43.4 Å². The molecule has 2 aromatic rings. The largest absolute Gasteiger partial charge is 0.480 e. The standard InChI is InChI=1S/C22H29N7O8/c23-12(6-17(24)31)19(33)29-16(9-30)21(35)27-14(7-18(25)32)20(34)28-15(22(36)37)5-10-8-26-13-4-2-1-3-11(10)13/h1-4,8,12,14-16,26,30H,5-7,9,23H2,(H2,24,31)(H2,25,32)(H,27,35)(H,28,34)(H,29,33)(H,36,37). The van der Waals surface area contributed by atoms with Crippen LogP contribution in [0.15, 0.2) is 30.5 Å². The van der Waals surface area contributed by atoms with Gasteiger partial charge in [-0.3, -0.25) is 24.0 Å². The number of benzene rings is 1. The number of nitrogens with two attached hydrogens (primary N) is 3. The van der Waals surface area contributed by atoms with Crippen LogP contribution in [0, 0.1) is 0 Å². The smallest absolute Gasteiger partial charge is 0.326 e. The van der Waals surface area contributed by atoms with E-state index in [1.807, 2.05) is 0 Å². The molecular weight excluding hydrogens is 490 g/mol. The molecule has 5 amide bonds. The molecule has 0 radical (unpaired) electrons. The van der Waals surface area contributed by atoms with Gasteiger partial charge in [0.15, 0.2) is 0 Å². The maximum atomic E-state index is 12.9. The number of fused-ring (bicyclic) bond motifs is 1. The molecule has 1 aromatic heterocycles. The van der Waals surface area contributed by atoms with Crippen molar-refractivity contribution in [3.63, 3.8) is 0 Å². The van der Waals surface area contributed by atoms with Crippen LogP contribution < -0.4 is 33.2 Å². The third-order valence-corrected chi connectivity index (χ3v) is 5.33. The molecule has 15 heteroatoms. The van der Waals surface area contributed by atoms with Gasteiger partial charge in [-0.15, -0.1) is 0 Å². The highest BCUT2D eigenvalue weighted by molar-refractivity contribution is 5.97. The second-order valence-electron chi connectivity index (χ2n) is 8.22. The number of aliphatic hydroxyl groups excluding tert-OH is 1. The Bertz CT molecular complexity index is 1180. The number of H-pyrrole nitrogens is 1. The van der Waals surface area contributed by atoms with E-state index in [0.717, 1.165) is 10.9 Å². The quantitative estimate of drug-likeness (QED) is 0.119. The SMILES string of the molecule is NC(=O)CC(N)C(=O)NC(CO)C(=O)NC(CC(N)=O)C(=O)NC(Cc1c[nH]c2ccccc12)C(=O)O. The molecule has 0 aliphatic heterocycles. The lowest BCUT2D eigenvalue weighted by Gasteiger charge is -2.23. The maximum Gasteiger partial charge on any atom is 0.326 e.